The second kappa shape index (κ2) is 4.94. The van der Waals surface area contributed by atoms with Gasteiger partial charge in [0.15, 0.2) is 5.82 Å². The average molecular weight is 249 g/mol. The number of nitrogens with two attached hydrogens (primary N) is 1. The van der Waals surface area contributed by atoms with Crippen molar-refractivity contribution in [2.45, 2.75) is 46.6 Å². The first kappa shape index (κ1) is 12.8. The highest BCUT2D eigenvalue weighted by molar-refractivity contribution is 5.61. The van der Waals surface area contributed by atoms with Gasteiger partial charge in [-0.2, -0.15) is 4.98 Å². The van der Waals surface area contributed by atoms with E-state index in [2.05, 4.69) is 17.1 Å². The van der Waals surface area contributed by atoms with Gasteiger partial charge in [0, 0.05) is 5.56 Å². The number of hydrogen-bond donors (Lipinski definition) is 1. The lowest BCUT2D eigenvalue weighted by atomic mass is 10.1. The Labute approximate surface area is 106 Å². The Hall–Kier alpha value is -1.62. The first-order chi connectivity index (χ1) is 8.54. The van der Waals surface area contributed by atoms with Crippen LogP contribution in [0.2, 0.25) is 0 Å². The molecule has 0 spiro atoms. The Morgan fingerprint density at radius 1 is 1.22 bits per heavy atom. The summed E-state index contributed by atoms with van der Waals surface area (Å²) in [5.74, 6) is 2.72. The summed E-state index contributed by atoms with van der Waals surface area (Å²) in [7, 11) is 0. The van der Waals surface area contributed by atoms with Crippen molar-refractivity contribution in [3.63, 3.8) is 0 Å². The molecule has 2 rings (SSSR count). The van der Waals surface area contributed by atoms with Crippen molar-refractivity contribution in [2.75, 3.05) is 0 Å². The van der Waals surface area contributed by atoms with E-state index in [0.29, 0.717) is 11.7 Å². The summed E-state index contributed by atoms with van der Waals surface area (Å²) in [6, 6.07) is -0.166. The Balaban J connectivity index is 2.35. The monoisotopic (exact) mass is 249 g/mol. The van der Waals surface area contributed by atoms with Crippen molar-refractivity contribution in [2.24, 2.45) is 5.73 Å². The molecule has 0 aliphatic heterocycles. The van der Waals surface area contributed by atoms with Crippen LogP contribution in [0.5, 0.6) is 0 Å². The molecule has 1 atom stereocenters. The standard InChI is InChI=1S/C13H19N3O2/c1-5-6-10(14)12-15-13(18-16-12)11-7(2)8(3)17-9(11)4/h10H,5-6,14H2,1-4H3. The Morgan fingerprint density at radius 3 is 2.50 bits per heavy atom. The van der Waals surface area contributed by atoms with Gasteiger partial charge in [0.1, 0.15) is 11.5 Å². The Kier molecular flexibility index (Phi) is 3.52. The van der Waals surface area contributed by atoms with Crippen molar-refractivity contribution in [1.82, 2.24) is 10.1 Å². The van der Waals surface area contributed by atoms with Crippen LogP contribution < -0.4 is 5.73 Å². The predicted molar refractivity (Wildman–Crippen MR) is 68.0 cm³/mol. The van der Waals surface area contributed by atoms with Gasteiger partial charge in [0.2, 0.25) is 0 Å². The van der Waals surface area contributed by atoms with E-state index in [-0.39, 0.29) is 6.04 Å². The molecular formula is C13H19N3O2. The number of hydrogen-bond acceptors (Lipinski definition) is 5. The zero-order valence-corrected chi connectivity index (χ0v) is 11.3. The molecule has 0 saturated carbocycles. The van der Waals surface area contributed by atoms with Gasteiger partial charge in [-0.05, 0) is 27.2 Å². The molecule has 0 bridgehead atoms. The molecule has 0 aliphatic carbocycles. The normalized spacial score (nSPS) is 12.9. The van der Waals surface area contributed by atoms with E-state index in [0.717, 1.165) is 35.5 Å². The molecule has 2 aromatic rings. The lowest BCUT2D eigenvalue weighted by molar-refractivity contribution is 0.412. The molecule has 0 fully saturated rings. The van der Waals surface area contributed by atoms with Crippen molar-refractivity contribution >= 4 is 0 Å². The van der Waals surface area contributed by atoms with E-state index in [1.165, 1.54) is 0 Å². The lowest BCUT2D eigenvalue weighted by Gasteiger charge is -2.02. The van der Waals surface area contributed by atoms with Gasteiger partial charge >= 0.3 is 0 Å². The highest BCUT2D eigenvalue weighted by Gasteiger charge is 2.20. The van der Waals surface area contributed by atoms with Crippen LogP contribution >= 0.6 is 0 Å². The van der Waals surface area contributed by atoms with Gasteiger partial charge in [-0.3, -0.25) is 0 Å². The second-order valence-corrected chi connectivity index (χ2v) is 4.57. The first-order valence-corrected chi connectivity index (χ1v) is 6.20. The summed E-state index contributed by atoms with van der Waals surface area (Å²) in [5, 5.41) is 3.95. The molecular weight excluding hydrogens is 230 g/mol. The summed E-state index contributed by atoms with van der Waals surface area (Å²) in [6.07, 6.45) is 1.84. The molecule has 2 N–H and O–H groups in total. The maximum absolute atomic E-state index is 5.97. The van der Waals surface area contributed by atoms with Crippen LogP contribution in [0.4, 0.5) is 0 Å². The van der Waals surface area contributed by atoms with Crippen molar-refractivity contribution in [3.05, 3.63) is 22.9 Å². The Bertz CT molecular complexity index is 542. The molecule has 5 heteroatoms. The quantitative estimate of drug-likeness (QED) is 0.900. The summed E-state index contributed by atoms with van der Waals surface area (Å²) in [4.78, 5) is 4.37. The molecule has 1 unspecified atom stereocenters. The van der Waals surface area contributed by atoms with Crippen molar-refractivity contribution < 1.29 is 8.94 Å². The minimum Gasteiger partial charge on any atom is -0.466 e. The third-order valence-corrected chi connectivity index (χ3v) is 3.15. The smallest absolute Gasteiger partial charge is 0.261 e. The first-order valence-electron chi connectivity index (χ1n) is 6.20. The van der Waals surface area contributed by atoms with Gasteiger partial charge in [0.05, 0.1) is 11.6 Å². The van der Waals surface area contributed by atoms with E-state index in [1.54, 1.807) is 0 Å². The summed E-state index contributed by atoms with van der Waals surface area (Å²) in [6.45, 7) is 7.88. The molecule has 98 valence electrons. The number of aromatic nitrogens is 2. The minimum absolute atomic E-state index is 0.166. The zero-order chi connectivity index (χ0) is 13.3. The van der Waals surface area contributed by atoms with E-state index >= 15 is 0 Å². The molecule has 0 radical (unpaired) electrons. The highest BCUT2D eigenvalue weighted by atomic mass is 16.5. The minimum atomic E-state index is -0.166. The summed E-state index contributed by atoms with van der Waals surface area (Å²) < 4.78 is 10.8. The van der Waals surface area contributed by atoms with E-state index in [4.69, 9.17) is 14.7 Å². The van der Waals surface area contributed by atoms with Crippen LogP contribution in [0.25, 0.3) is 11.5 Å². The molecule has 5 nitrogen and oxygen atoms in total. The van der Waals surface area contributed by atoms with Crippen LogP contribution in [-0.4, -0.2) is 10.1 Å². The molecule has 0 saturated heterocycles. The third kappa shape index (κ3) is 2.18. The Morgan fingerprint density at radius 2 is 1.94 bits per heavy atom. The van der Waals surface area contributed by atoms with Gasteiger partial charge in [-0.1, -0.05) is 18.5 Å². The molecule has 2 heterocycles. The predicted octanol–water partition coefficient (Wildman–Crippen LogP) is 3.05. The third-order valence-electron chi connectivity index (χ3n) is 3.15. The number of furan rings is 1. The number of aryl methyl sites for hydroxylation is 2. The topological polar surface area (TPSA) is 78.1 Å². The lowest BCUT2D eigenvalue weighted by Crippen LogP contribution is -2.11. The molecule has 0 amide bonds. The molecule has 2 aromatic heterocycles. The van der Waals surface area contributed by atoms with Crippen molar-refractivity contribution in [3.8, 4) is 11.5 Å². The van der Waals surface area contributed by atoms with E-state index in [9.17, 15) is 0 Å². The maximum Gasteiger partial charge on any atom is 0.261 e. The van der Waals surface area contributed by atoms with Gasteiger partial charge in [-0.15, -0.1) is 0 Å². The number of rotatable bonds is 4. The summed E-state index contributed by atoms with van der Waals surface area (Å²) >= 11 is 0. The van der Waals surface area contributed by atoms with Gasteiger partial charge in [0.25, 0.3) is 5.89 Å². The van der Waals surface area contributed by atoms with Gasteiger partial charge < -0.3 is 14.7 Å². The van der Waals surface area contributed by atoms with Crippen LogP contribution in [0, 0.1) is 20.8 Å². The van der Waals surface area contributed by atoms with E-state index < -0.39 is 0 Å². The SMILES string of the molecule is CCCC(N)c1noc(-c2c(C)oc(C)c2C)n1. The van der Waals surface area contributed by atoms with Crippen LogP contribution in [-0.2, 0) is 0 Å². The highest BCUT2D eigenvalue weighted by Crippen LogP contribution is 2.30. The van der Waals surface area contributed by atoms with Crippen LogP contribution in [0.3, 0.4) is 0 Å². The van der Waals surface area contributed by atoms with E-state index in [1.807, 2.05) is 20.8 Å². The molecule has 0 aromatic carbocycles. The number of nitrogens with zero attached hydrogens (tertiary/aromatic N) is 2. The fourth-order valence-corrected chi connectivity index (χ4v) is 2.04. The summed E-state index contributed by atoms with van der Waals surface area (Å²) in [5.41, 5.74) is 7.89. The van der Waals surface area contributed by atoms with Crippen LogP contribution in [0.1, 0.15) is 48.7 Å². The molecule has 18 heavy (non-hydrogen) atoms. The fraction of sp³-hybridized carbons (Fsp3) is 0.538. The largest absolute Gasteiger partial charge is 0.466 e. The fourth-order valence-electron chi connectivity index (χ4n) is 2.04. The second-order valence-electron chi connectivity index (χ2n) is 4.57. The molecule has 0 aliphatic rings. The van der Waals surface area contributed by atoms with Gasteiger partial charge in [-0.25, -0.2) is 0 Å². The maximum atomic E-state index is 5.97. The van der Waals surface area contributed by atoms with Crippen LogP contribution in [0.15, 0.2) is 8.94 Å². The average Bonchev–Trinajstić information content (AvgIpc) is 2.86. The zero-order valence-electron chi connectivity index (χ0n) is 11.3. The van der Waals surface area contributed by atoms with Crippen molar-refractivity contribution in [1.29, 1.82) is 0 Å².